The van der Waals surface area contributed by atoms with Crippen molar-refractivity contribution in [3.63, 3.8) is 0 Å². The Morgan fingerprint density at radius 2 is 1.73 bits per heavy atom. The average Bonchev–Trinajstić information content (AvgIpc) is 2.59. The Labute approximate surface area is 129 Å². The molecule has 0 radical (unpaired) electrons. The molecule has 1 heterocycles. The first kappa shape index (κ1) is 15.7. The maximum absolute atomic E-state index is 11.7. The molecule has 2 N–H and O–H groups in total. The molecule has 0 spiro atoms. The van der Waals surface area contributed by atoms with Gasteiger partial charge in [-0.3, -0.25) is 25.4 Å². The predicted molar refractivity (Wildman–Crippen MR) is 84.0 cm³/mol. The zero-order valence-corrected chi connectivity index (χ0v) is 12.5. The van der Waals surface area contributed by atoms with E-state index in [-0.39, 0.29) is 11.6 Å². The van der Waals surface area contributed by atoms with Crippen molar-refractivity contribution in [3.8, 4) is 0 Å². The standard InChI is InChI=1S/C17H19N3O2/c1-2-13-6-8-14(9-7-13)10-11-16(21)19-20-17(22)15-5-3-4-12-18-15/h3-9,12H,2,10-11H2,1H3,(H,19,21)(H,20,22). The third-order valence-corrected chi connectivity index (χ3v) is 3.28. The van der Waals surface area contributed by atoms with Gasteiger partial charge in [-0.25, -0.2) is 0 Å². The third kappa shape index (κ3) is 4.70. The maximum atomic E-state index is 11.7. The van der Waals surface area contributed by atoms with Crippen molar-refractivity contribution < 1.29 is 9.59 Å². The molecule has 2 aromatic rings. The Balaban J connectivity index is 1.74. The summed E-state index contributed by atoms with van der Waals surface area (Å²) >= 11 is 0. The second-order valence-corrected chi connectivity index (χ2v) is 4.89. The first-order valence-corrected chi connectivity index (χ1v) is 7.27. The first-order chi connectivity index (χ1) is 10.7. The summed E-state index contributed by atoms with van der Waals surface area (Å²) in [7, 11) is 0. The Bertz CT molecular complexity index is 624. The van der Waals surface area contributed by atoms with Crippen molar-refractivity contribution in [2.45, 2.75) is 26.2 Å². The number of nitrogens with zero attached hydrogens (tertiary/aromatic N) is 1. The molecule has 0 fully saturated rings. The van der Waals surface area contributed by atoms with Crippen molar-refractivity contribution in [3.05, 3.63) is 65.5 Å². The molecule has 0 aliphatic carbocycles. The number of hydrogen-bond acceptors (Lipinski definition) is 3. The van der Waals surface area contributed by atoms with Gasteiger partial charge in [-0.05, 0) is 36.1 Å². The molecule has 0 unspecified atom stereocenters. The van der Waals surface area contributed by atoms with Crippen LogP contribution in [0.1, 0.15) is 35.0 Å². The normalized spacial score (nSPS) is 10.0. The number of carbonyl (C=O) groups is 2. The Morgan fingerprint density at radius 3 is 2.36 bits per heavy atom. The quantitative estimate of drug-likeness (QED) is 0.830. The van der Waals surface area contributed by atoms with Crippen LogP contribution in [-0.4, -0.2) is 16.8 Å². The Hall–Kier alpha value is -2.69. The smallest absolute Gasteiger partial charge is 0.273 e. The fourth-order valence-corrected chi connectivity index (χ4v) is 1.95. The molecule has 0 atom stereocenters. The lowest BCUT2D eigenvalue weighted by Crippen LogP contribution is -2.42. The highest BCUT2D eigenvalue weighted by Gasteiger charge is 2.08. The minimum absolute atomic E-state index is 0.233. The SMILES string of the molecule is CCc1ccc(CCC(=O)NNC(=O)c2ccccn2)cc1. The monoisotopic (exact) mass is 297 g/mol. The van der Waals surface area contributed by atoms with E-state index in [2.05, 4.69) is 34.9 Å². The van der Waals surface area contributed by atoms with Crippen molar-refractivity contribution in [2.75, 3.05) is 0 Å². The van der Waals surface area contributed by atoms with Crippen molar-refractivity contribution in [2.24, 2.45) is 0 Å². The largest absolute Gasteiger partial charge is 0.288 e. The van der Waals surface area contributed by atoms with Crippen LogP contribution in [0.4, 0.5) is 0 Å². The summed E-state index contributed by atoms with van der Waals surface area (Å²) < 4.78 is 0. The summed E-state index contributed by atoms with van der Waals surface area (Å²) in [6.07, 6.45) is 3.47. The summed E-state index contributed by atoms with van der Waals surface area (Å²) in [4.78, 5) is 27.3. The molecule has 2 amide bonds. The number of carbonyl (C=O) groups excluding carboxylic acids is 2. The molecule has 1 aromatic carbocycles. The fraction of sp³-hybridized carbons (Fsp3) is 0.235. The van der Waals surface area contributed by atoms with Gasteiger partial charge in [0.1, 0.15) is 5.69 Å². The molecule has 22 heavy (non-hydrogen) atoms. The van der Waals surface area contributed by atoms with E-state index in [0.717, 1.165) is 12.0 Å². The molecule has 5 nitrogen and oxygen atoms in total. The molecule has 0 aliphatic rings. The van der Waals surface area contributed by atoms with Gasteiger partial charge in [-0.2, -0.15) is 0 Å². The minimum Gasteiger partial charge on any atom is -0.273 e. The lowest BCUT2D eigenvalue weighted by atomic mass is 10.1. The lowest BCUT2D eigenvalue weighted by Gasteiger charge is -2.07. The number of nitrogens with one attached hydrogen (secondary N) is 2. The highest BCUT2D eigenvalue weighted by Crippen LogP contribution is 2.07. The molecule has 5 heteroatoms. The summed E-state index contributed by atoms with van der Waals surface area (Å²) in [6, 6.07) is 13.2. The van der Waals surface area contributed by atoms with E-state index >= 15 is 0 Å². The Kier molecular flexibility index (Phi) is 5.65. The van der Waals surface area contributed by atoms with E-state index < -0.39 is 5.91 Å². The molecular weight excluding hydrogens is 278 g/mol. The third-order valence-electron chi connectivity index (χ3n) is 3.28. The number of pyridine rings is 1. The van der Waals surface area contributed by atoms with E-state index in [9.17, 15) is 9.59 Å². The van der Waals surface area contributed by atoms with Crippen LogP contribution in [0.15, 0.2) is 48.7 Å². The highest BCUT2D eigenvalue weighted by molar-refractivity contribution is 5.93. The zero-order chi connectivity index (χ0) is 15.8. The Morgan fingerprint density at radius 1 is 1.00 bits per heavy atom. The maximum Gasteiger partial charge on any atom is 0.288 e. The van der Waals surface area contributed by atoms with Crippen LogP contribution in [0.25, 0.3) is 0 Å². The zero-order valence-electron chi connectivity index (χ0n) is 12.5. The lowest BCUT2D eigenvalue weighted by molar-refractivity contribution is -0.121. The van der Waals surface area contributed by atoms with Gasteiger partial charge in [0.25, 0.3) is 5.91 Å². The summed E-state index contributed by atoms with van der Waals surface area (Å²) in [6.45, 7) is 2.10. The van der Waals surface area contributed by atoms with Crippen molar-refractivity contribution in [1.82, 2.24) is 15.8 Å². The highest BCUT2D eigenvalue weighted by atomic mass is 16.2. The molecule has 2 rings (SSSR count). The van der Waals surface area contributed by atoms with Gasteiger partial charge in [-0.1, -0.05) is 37.3 Å². The van der Waals surface area contributed by atoms with E-state index in [1.165, 1.54) is 11.8 Å². The van der Waals surface area contributed by atoms with Crippen molar-refractivity contribution >= 4 is 11.8 Å². The average molecular weight is 297 g/mol. The van der Waals surface area contributed by atoms with E-state index in [0.29, 0.717) is 12.8 Å². The molecular formula is C17H19N3O2. The van der Waals surface area contributed by atoms with Gasteiger partial charge in [0.05, 0.1) is 0 Å². The van der Waals surface area contributed by atoms with Gasteiger partial charge >= 0.3 is 0 Å². The second kappa shape index (κ2) is 7.93. The molecule has 114 valence electrons. The number of aromatic nitrogens is 1. The number of hydrazine groups is 1. The van der Waals surface area contributed by atoms with E-state index in [1.54, 1.807) is 18.2 Å². The van der Waals surface area contributed by atoms with E-state index in [1.807, 2.05) is 12.1 Å². The van der Waals surface area contributed by atoms with Gasteiger partial charge in [0.2, 0.25) is 5.91 Å². The number of aryl methyl sites for hydroxylation is 2. The van der Waals surface area contributed by atoms with Crippen LogP contribution in [0.3, 0.4) is 0 Å². The fourth-order valence-electron chi connectivity index (χ4n) is 1.95. The van der Waals surface area contributed by atoms with Crippen molar-refractivity contribution in [1.29, 1.82) is 0 Å². The minimum atomic E-state index is -0.429. The van der Waals surface area contributed by atoms with Gasteiger partial charge < -0.3 is 0 Å². The van der Waals surface area contributed by atoms with Crippen LogP contribution in [0.2, 0.25) is 0 Å². The molecule has 0 saturated carbocycles. The molecule has 0 bridgehead atoms. The molecule has 0 aliphatic heterocycles. The van der Waals surface area contributed by atoms with Gasteiger partial charge in [0, 0.05) is 12.6 Å². The predicted octanol–water partition coefficient (Wildman–Crippen LogP) is 2.04. The van der Waals surface area contributed by atoms with Gasteiger partial charge in [-0.15, -0.1) is 0 Å². The van der Waals surface area contributed by atoms with Crippen LogP contribution >= 0.6 is 0 Å². The second-order valence-electron chi connectivity index (χ2n) is 4.89. The van der Waals surface area contributed by atoms with E-state index in [4.69, 9.17) is 0 Å². The number of amides is 2. The van der Waals surface area contributed by atoms with Crippen LogP contribution in [0, 0.1) is 0 Å². The molecule has 1 aromatic heterocycles. The van der Waals surface area contributed by atoms with Gasteiger partial charge in [0.15, 0.2) is 0 Å². The summed E-state index contributed by atoms with van der Waals surface area (Å²) in [5.41, 5.74) is 7.38. The summed E-state index contributed by atoms with van der Waals surface area (Å²) in [5, 5.41) is 0. The summed E-state index contributed by atoms with van der Waals surface area (Å²) in [5.74, 6) is -0.662. The number of rotatable bonds is 5. The van der Waals surface area contributed by atoms with Crippen LogP contribution in [-0.2, 0) is 17.6 Å². The first-order valence-electron chi connectivity index (χ1n) is 7.27. The molecule has 0 saturated heterocycles. The number of benzene rings is 1. The van der Waals surface area contributed by atoms with Crippen LogP contribution < -0.4 is 10.9 Å². The number of hydrogen-bond donors (Lipinski definition) is 2. The van der Waals surface area contributed by atoms with Crippen LogP contribution in [0.5, 0.6) is 0 Å². The topological polar surface area (TPSA) is 71.1 Å².